The van der Waals surface area contributed by atoms with Gasteiger partial charge >= 0.3 is 0 Å². The van der Waals surface area contributed by atoms with E-state index in [-0.39, 0.29) is 29.2 Å². The highest BCUT2D eigenvalue weighted by molar-refractivity contribution is 7.89. The van der Waals surface area contributed by atoms with Crippen LogP contribution in [0.4, 0.5) is 4.39 Å². The molecule has 0 spiro atoms. The summed E-state index contributed by atoms with van der Waals surface area (Å²) in [4.78, 5) is 12.0. The van der Waals surface area contributed by atoms with Gasteiger partial charge < -0.3 is 5.32 Å². The first-order valence-corrected chi connectivity index (χ1v) is 9.41. The second kappa shape index (κ2) is 8.22. The molecule has 0 fully saturated rings. The normalized spacial score (nSPS) is 11.5. The average molecular weight is 364 g/mol. The Morgan fingerprint density at radius 1 is 1.04 bits per heavy atom. The molecule has 0 aliphatic heterocycles. The lowest BCUT2D eigenvalue weighted by molar-refractivity contribution is 0.0943. The van der Waals surface area contributed by atoms with Gasteiger partial charge in [-0.05, 0) is 62.2 Å². The molecule has 0 unspecified atom stereocenters. The van der Waals surface area contributed by atoms with E-state index in [4.69, 9.17) is 0 Å². The van der Waals surface area contributed by atoms with Gasteiger partial charge in [0.15, 0.2) is 0 Å². The summed E-state index contributed by atoms with van der Waals surface area (Å²) in [6.07, 6.45) is 0.453. The Balaban J connectivity index is 1.96. The van der Waals surface area contributed by atoms with Crippen LogP contribution in [0.15, 0.2) is 53.4 Å². The van der Waals surface area contributed by atoms with Crippen molar-refractivity contribution in [2.45, 2.75) is 31.2 Å². The Labute approximate surface area is 147 Å². The van der Waals surface area contributed by atoms with Crippen molar-refractivity contribution in [1.29, 1.82) is 0 Å². The van der Waals surface area contributed by atoms with E-state index in [2.05, 4.69) is 10.0 Å². The lowest BCUT2D eigenvalue weighted by Gasteiger charge is -2.10. The van der Waals surface area contributed by atoms with Crippen molar-refractivity contribution < 1.29 is 17.6 Å². The Kier molecular flexibility index (Phi) is 6.27. The number of benzene rings is 2. The highest BCUT2D eigenvalue weighted by Gasteiger charge is 2.14. The van der Waals surface area contributed by atoms with Crippen molar-refractivity contribution in [2.75, 3.05) is 6.54 Å². The van der Waals surface area contributed by atoms with E-state index in [1.807, 2.05) is 13.8 Å². The standard InChI is InChI=1S/C18H21FN2O3S/c1-13(2)21-18(22)15-5-9-17(10-6-15)25(23,24)20-12-11-14-3-7-16(19)8-4-14/h3-10,13,20H,11-12H2,1-2H3,(H,21,22). The molecule has 0 saturated carbocycles. The summed E-state index contributed by atoms with van der Waals surface area (Å²) in [7, 11) is -3.66. The predicted octanol–water partition coefficient (Wildman–Crippen LogP) is 2.48. The van der Waals surface area contributed by atoms with Gasteiger partial charge in [0.25, 0.3) is 5.91 Å². The number of sulfonamides is 1. The van der Waals surface area contributed by atoms with Gasteiger partial charge in [0.05, 0.1) is 4.90 Å². The van der Waals surface area contributed by atoms with Gasteiger partial charge in [-0.1, -0.05) is 12.1 Å². The summed E-state index contributed by atoms with van der Waals surface area (Å²) in [5.74, 6) is -0.575. The van der Waals surface area contributed by atoms with Crippen LogP contribution in [-0.4, -0.2) is 26.9 Å². The van der Waals surface area contributed by atoms with E-state index in [1.165, 1.54) is 36.4 Å². The molecule has 7 heteroatoms. The van der Waals surface area contributed by atoms with Crippen molar-refractivity contribution >= 4 is 15.9 Å². The SMILES string of the molecule is CC(C)NC(=O)c1ccc(S(=O)(=O)NCCc2ccc(F)cc2)cc1. The van der Waals surface area contributed by atoms with E-state index < -0.39 is 10.0 Å². The molecule has 2 aromatic rings. The fraction of sp³-hybridized carbons (Fsp3) is 0.278. The minimum atomic E-state index is -3.66. The molecule has 5 nitrogen and oxygen atoms in total. The van der Waals surface area contributed by atoms with Crippen LogP contribution in [0.1, 0.15) is 29.8 Å². The largest absolute Gasteiger partial charge is 0.350 e. The van der Waals surface area contributed by atoms with Crippen molar-refractivity contribution in [2.24, 2.45) is 0 Å². The smallest absolute Gasteiger partial charge is 0.251 e. The molecule has 0 radical (unpaired) electrons. The first kappa shape index (κ1) is 19.1. The van der Waals surface area contributed by atoms with Crippen molar-refractivity contribution in [3.63, 3.8) is 0 Å². The second-order valence-corrected chi connectivity index (χ2v) is 7.69. The van der Waals surface area contributed by atoms with Gasteiger partial charge in [-0.3, -0.25) is 4.79 Å². The van der Waals surface area contributed by atoms with Crippen LogP contribution in [0.3, 0.4) is 0 Å². The summed E-state index contributed by atoms with van der Waals surface area (Å²) in [6, 6.07) is 11.7. The molecule has 0 aromatic heterocycles. The maximum Gasteiger partial charge on any atom is 0.251 e. The zero-order valence-corrected chi connectivity index (χ0v) is 14.9. The molecular weight excluding hydrogens is 343 g/mol. The molecule has 0 atom stereocenters. The molecule has 0 heterocycles. The summed E-state index contributed by atoms with van der Waals surface area (Å²) in [5, 5.41) is 2.74. The Morgan fingerprint density at radius 2 is 1.64 bits per heavy atom. The first-order valence-electron chi connectivity index (χ1n) is 7.93. The zero-order valence-electron chi connectivity index (χ0n) is 14.1. The van der Waals surface area contributed by atoms with E-state index >= 15 is 0 Å². The van der Waals surface area contributed by atoms with Crippen LogP contribution in [0.5, 0.6) is 0 Å². The first-order chi connectivity index (χ1) is 11.8. The Bertz CT molecular complexity index is 816. The van der Waals surface area contributed by atoms with Gasteiger partial charge in [-0.2, -0.15) is 0 Å². The molecular formula is C18H21FN2O3S. The molecule has 134 valence electrons. The topological polar surface area (TPSA) is 75.3 Å². The maximum absolute atomic E-state index is 12.8. The number of rotatable bonds is 7. The lowest BCUT2D eigenvalue weighted by Crippen LogP contribution is -2.30. The van der Waals surface area contributed by atoms with E-state index in [9.17, 15) is 17.6 Å². The van der Waals surface area contributed by atoms with Gasteiger partial charge in [0.1, 0.15) is 5.82 Å². The minimum Gasteiger partial charge on any atom is -0.350 e. The molecule has 0 saturated heterocycles. The predicted molar refractivity (Wildman–Crippen MR) is 94.3 cm³/mol. The molecule has 1 amide bonds. The van der Waals surface area contributed by atoms with E-state index in [1.54, 1.807) is 12.1 Å². The van der Waals surface area contributed by atoms with E-state index in [0.29, 0.717) is 12.0 Å². The van der Waals surface area contributed by atoms with Crippen molar-refractivity contribution in [1.82, 2.24) is 10.0 Å². The van der Waals surface area contributed by atoms with E-state index in [0.717, 1.165) is 5.56 Å². The third kappa shape index (κ3) is 5.65. The number of carbonyl (C=O) groups excluding carboxylic acids is 1. The van der Waals surface area contributed by atoms with Gasteiger partial charge in [-0.25, -0.2) is 17.5 Å². The molecule has 0 aliphatic rings. The quantitative estimate of drug-likeness (QED) is 0.793. The molecule has 0 aliphatic carbocycles. The van der Waals surface area contributed by atoms with Crippen molar-refractivity contribution in [3.8, 4) is 0 Å². The monoisotopic (exact) mass is 364 g/mol. The Morgan fingerprint density at radius 3 is 2.20 bits per heavy atom. The van der Waals surface area contributed by atoms with Crippen LogP contribution < -0.4 is 10.0 Å². The van der Waals surface area contributed by atoms with Gasteiger partial charge in [-0.15, -0.1) is 0 Å². The Hall–Kier alpha value is -2.25. The number of carbonyl (C=O) groups is 1. The average Bonchev–Trinajstić information content (AvgIpc) is 2.56. The fourth-order valence-corrected chi connectivity index (χ4v) is 3.23. The highest BCUT2D eigenvalue weighted by atomic mass is 32.2. The second-order valence-electron chi connectivity index (χ2n) is 5.93. The number of amides is 1. The molecule has 2 N–H and O–H groups in total. The van der Waals surface area contributed by atoms with Gasteiger partial charge in [0, 0.05) is 18.2 Å². The summed E-state index contributed by atoms with van der Waals surface area (Å²) in [6.45, 7) is 3.90. The number of hydrogen-bond acceptors (Lipinski definition) is 3. The van der Waals surface area contributed by atoms with Crippen LogP contribution in [0.2, 0.25) is 0 Å². The number of nitrogens with one attached hydrogen (secondary N) is 2. The van der Waals surface area contributed by atoms with Crippen molar-refractivity contribution in [3.05, 3.63) is 65.5 Å². The molecule has 2 aromatic carbocycles. The number of halogens is 1. The van der Waals surface area contributed by atoms with Crippen LogP contribution >= 0.6 is 0 Å². The maximum atomic E-state index is 12.8. The lowest BCUT2D eigenvalue weighted by atomic mass is 10.1. The summed E-state index contributed by atoms with van der Waals surface area (Å²) in [5.41, 5.74) is 1.24. The van der Waals surface area contributed by atoms with Crippen LogP contribution in [0.25, 0.3) is 0 Å². The minimum absolute atomic E-state index is 0.00374. The summed E-state index contributed by atoms with van der Waals surface area (Å²) < 4.78 is 39.9. The number of hydrogen-bond donors (Lipinski definition) is 2. The molecule has 2 rings (SSSR count). The molecule has 25 heavy (non-hydrogen) atoms. The summed E-state index contributed by atoms with van der Waals surface area (Å²) >= 11 is 0. The fourth-order valence-electron chi connectivity index (χ4n) is 2.20. The third-order valence-corrected chi connectivity index (χ3v) is 4.94. The van der Waals surface area contributed by atoms with Gasteiger partial charge in [0.2, 0.25) is 10.0 Å². The zero-order chi connectivity index (χ0) is 18.4. The van der Waals surface area contributed by atoms with Crippen LogP contribution in [-0.2, 0) is 16.4 Å². The van der Waals surface area contributed by atoms with Crippen LogP contribution in [0, 0.1) is 5.82 Å². The molecule has 0 bridgehead atoms. The third-order valence-electron chi connectivity index (χ3n) is 3.47. The highest BCUT2D eigenvalue weighted by Crippen LogP contribution is 2.11.